The third-order valence-corrected chi connectivity index (χ3v) is 3.15. The van der Waals surface area contributed by atoms with Crippen LogP contribution in [0.5, 0.6) is 0 Å². The lowest BCUT2D eigenvalue weighted by molar-refractivity contribution is -0.137. The molecule has 0 heterocycles. The first-order valence-electron chi connectivity index (χ1n) is 7.69. The van der Waals surface area contributed by atoms with Crippen LogP contribution in [0.2, 0.25) is 0 Å². The lowest BCUT2D eigenvalue weighted by Gasteiger charge is -2.09. The summed E-state index contributed by atoms with van der Waals surface area (Å²) in [6.07, 6.45) is 5.56. The first-order chi connectivity index (χ1) is 11.3. The molecule has 0 unspecified atom stereocenters. The van der Waals surface area contributed by atoms with Gasteiger partial charge in [0.25, 0.3) is 0 Å². The lowest BCUT2D eigenvalue weighted by Crippen LogP contribution is -2.14. The van der Waals surface area contributed by atoms with Crippen LogP contribution in [0.15, 0.2) is 72.8 Å². The second-order valence-electron chi connectivity index (χ2n) is 4.87. The molecule has 0 aliphatic rings. The molecule has 0 spiro atoms. The molecular formula is C20H21NO2. The van der Waals surface area contributed by atoms with E-state index in [9.17, 15) is 4.79 Å². The van der Waals surface area contributed by atoms with Gasteiger partial charge in [-0.1, -0.05) is 72.8 Å². The van der Waals surface area contributed by atoms with Crippen LogP contribution in [0.1, 0.15) is 18.1 Å². The molecule has 3 heteroatoms. The predicted octanol–water partition coefficient (Wildman–Crippen LogP) is 3.89. The van der Waals surface area contributed by atoms with Gasteiger partial charge in [-0.25, -0.2) is 4.79 Å². The zero-order valence-corrected chi connectivity index (χ0v) is 13.2. The topological polar surface area (TPSA) is 38.3 Å². The summed E-state index contributed by atoms with van der Waals surface area (Å²) < 4.78 is 5.00. The van der Waals surface area contributed by atoms with E-state index in [-0.39, 0.29) is 5.97 Å². The fourth-order valence-electron chi connectivity index (χ4n) is 2.08. The fraction of sp³-hybridized carbons (Fsp3) is 0.150. The second kappa shape index (κ2) is 9.26. The standard InChI is InChI=1S/C20H21NO2/c1-2-23-20(22)16-19(18-13-7-4-8-14-18)21-15-9-12-17-10-5-3-6-11-17/h3-14,16,21H,2,15H2,1H3/b12-9-,19-16-. The summed E-state index contributed by atoms with van der Waals surface area (Å²) in [7, 11) is 0. The Kier molecular flexibility index (Phi) is 6.66. The largest absolute Gasteiger partial charge is 0.463 e. The average Bonchev–Trinajstić information content (AvgIpc) is 2.59. The van der Waals surface area contributed by atoms with Crippen molar-refractivity contribution < 1.29 is 9.53 Å². The van der Waals surface area contributed by atoms with Crippen LogP contribution in [0.4, 0.5) is 0 Å². The Bertz CT molecular complexity index is 661. The van der Waals surface area contributed by atoms with E-state index < -0.39 is 0 Å². The molecule has 0 fully saturated rings. The smallest absolute Gasteiger partial charge is 0.332 e. The summed E-state index contributed by atoms with van der Waals surface area (Å²) in [6.45, 7) is 2.78. The molecule has 0 bridgehead atoms. The Balaban J connectivity index is 2.03. The van der Waals surface area contributed by atoms with Gasteiger partial charge in [0.2, 0.25) is 0 Å². The molecule has 3 nitrogen and oxygen atoms in total. The van der Waals surface area contributed by atoms with E-state index in [1.165, 1.54) is 6.08 Å². The molecule has 2 aromatic carbocycles. The first-order valence-corrected chi connectivity index (χ1v) is 7.69. The number of nitrogens with one attached hydrogen (secondary N) is 1. The molecule has 118 valence electrons. The number of benzene rings is 2. The molecule has 0 aliphatic carbocycles. The van der Waals surface area contributed by atoms with E-state index in [2.05, 4.69) is 5.32 Å². The Labute approximate surface area is 137 Å². The Morgan fingerprint density at radius 3 is 2.35 bits per heavy atom. The van der Waals surface area contributed by atoms with Gasteiger partial charge in [0, 0.05) is 18.3 Å². The third kappa shape index (κ3) is 5.83. The van der Waals surface area contributed by atoms with Gasteiger partial charge in [0.05, 0.1) is 6.61 Å². The molecule has 0 amide bonds. The normalized spacial score (nSPS) is 11.4. The average molecular weight is 307 g/mol. The molecule has 0 saturated carbocycles. The lowest BCUT2D eigenvalue weighted by atomic mass is 10.1. The number of hydrogen-bond donors (Lipinski definition) is 1. The highest BCUT2D eigenvalue weighted by atomic mass is 16.5. The van der Waals surface area contributed by atoms with E-state index in [1.807, 2.05) is 72.8 Å². The van der Waals surface area contributed by atoms with Crippen LogP contribution in [0.25, 0.3) is 11.8 Å². The van der Waals surface area contributed by atoms with E-state index >= 15 is 0 Å². The van der Waals surface area contributed by atoms with Gasteiger partial charge < -0.3 is 10.1 Å². The minimum Gasteiger partial charge on any atom is -0.463 e. The molecule has 23 heavy (non-hydrogen) atoms. The fourth-order valence-corrected chi connectivity index (χ4v) is 2.08. The molecule has 2 rings (SSSR count). The van der Waals surface area contributed by atoms with E-state index in [0.29, 0.717) is 13.2 Å². The summed E-state index contributed by atoms with van der Waals surface area (Å²) in [5, 5.41) is 3.27. The first kappa shape index (κ1) is 16.6. The van der Waals surface area contributed by atoms with Crippen LogP contribution >= 0.6 is 0 Å². The van der Waals surface area contributed by atoms with Gasteiger partial charge in [-0.3, -0.25) is 0 Å². The van der Waals surface area contributed by atoms with Crippen molar-refractivity contribution >= 4 is 17.7 Å². The molecule has 0 aliphatic heterocycles. The van der Waals surface area contributed by atoms with Crippen LogP contribution in [-0.4, -0.2) is 19.1 Å². The van der Waals surface area contributed by atoms with Crippen LogP contribution in [-0.2, 0) is 9.53 Å². The number of carbonyl (C=O) groups is 1. The number of ether oxygens (including phenoxy) is 1. The molecule has 0 radical (unpaired) electrons. The highest BCUT2D eigenvalue weighted by Crippen LogP contribution is 2.11. The number of hydrogen-bond acceptors (Lipinski definition) is 3. The predicted molar refractivity (Wildman–Crippen MR) is 94.5 cm³/mol. The molecule has 0 atom stereocenters. The Morgan fingerprint density at radius 2 is 1.70 bits per heavy atom. The summed E-state index contributed by atoms with van der Waals surface area (Å²) in [5.74, 6) is -0.342. The highest BCUT2D eigenvalue weighted by molar-refractivity contribution is 5.90. The minimum absolute atomic E-state index is 0.342. The van der Waals surface area contributed by atoms with E-state index in [0.717, 1.165) is 16.8 Å². The van der Waals surface area contributed by atoms with Gasteiger partial charge in [0.1, 0.15) is 0 Å². The summed E-state index contributed by atoms with van der Waals surface area (Å²) in [6, 6.07) is 19.8. The molecule has 0 aromatic heterocycles. The van der Waals surface area contributed by atoms with Crippen molar-refractivity contribution in [1.29, 1.82) is 0 Å². The van der Waals surface area contributed by atoms with Crippen molar-refractivity contribution in [3.63, 3.8) is 0 Å². The maximum atomic E-state index is 11.7. The number of esters is 1. The van der Waals surface area contributed by atoms with Crippen molar-refractivity contribution in [3.05, 3.63) is 83.9 Å². The van der Waals surface area contributed by atoms with Crippen LogP contribution in [0.3, 0.4) is 0 Å². The van der Waals surface area contributed by atoms with Crippen molar-refractivity contribution in [3.8, 4) is 0 Å². The van der Waals surface area contributed by atoms with Crippen LogP contribution in [0, 0.1) is 0 Å². The van der Waals surface area contributed by atoms with Gasteiger partial charge in [-0.2, -0.15) is 0 Å². The second-order valence-corrected chi connectivity index (χ2v) is 4.87. The maximum absolute atomic E-state index is 11.7. The zero-order valence-electron chi connectivity index (χ0n) is 13.2. The third-order valence-electron chi connectivity index (χ3n) is 3.15. The number of rotatable bonds is 7. The Hall–Kier alpha value is -2.81. The summed E-state index contributed by atoms with van der Waals surface area (Å²) in [4.78, 5) is 11.7. The van der Waals surface area contributed by atoms with Gasteiger partial charge >= 0.3 is 5.97 Å². The highest BCUT2D eigenvalue weighted by Gasteiger charge is 2.04. The molecule has 1 N–H and O–H groups in total. The maximum Gasteiger partial charge on any atom is 0.332 e. The zero-order chi connectivity index (χ0) is 16.3. The van der Waals surface area contributed by atoms with Gasteiger partial charge in [0.15, 0.2) is 0 Å². The van der Waals surface area contributed by atoms with Gasteiger partial charge in [-0.15, -0.1) is 0 Å². The minimum atomic E-state index is -0.342. The van der Waals surface area contributed by atoms with Crippen molar-refractivity contribution in [1.82, 2.24) is 5.32 Å². The number of carbonyl (C=O) groups excluding carboxylic acids is 1. The Morgan fingerprint density at radius 1 is 1.04 bits per heavy atom. The SMILES string of the molecule is CCOC(=O)/C=C(\NC/C=C\c1ccccc1)c1ccccc1. The monoisotopic (exact) mass is 307 g/mol. The molecule has 0 saturated heterocycles. The summed E-state index contributed by atoms with van der Waals surface area (Å²) >= 11 is 0. The van der Waals surface area contributed by atoms with E-state index in [1.54, 1.807) is 6.92 Å². The van der Waals surface area contributed by atoms with Gasteiger partial charge in [-0.05, 0) is 18.1 Å². The van der Waals surface area contributed by atoms with Crippen molar-refractivity contribution in [2.75, 3.05) is 13.2 Å². The summed E-state index contributed by atoms with van der Waals surface area (Å²) in [5.41, 5.74) is 2.85. The van der Waals surface area contributed by atoms with Crippen LogP contribution < -0.4 is 5.32 Å². The quantitative estimate of drug-likeness (QED) is 0.623. The van der Waals surface area contributed by atoms with Crippen molar-refractivity contribution in [2.45, 2.75) is 6.92 Å². The molecule has 2 aromatic rings. The molecular weight excluding hydrogens is 286 g/mol. The van der Waals surface area contributed by atoms with E-state index in [4.69, 9.17) is 4.74 Å². The van der Waals surface area contributed by atoms with Crippen molar-refractivity contribution in [2.24, 2.45) is 0 Å².